The molecule has 1 aromatic rings. The molecule has 0 radical (unpaired) electrons. The molecule has 5 nitrogen and oxygen atoms in total. The van der Waals surface area contributed by atoms with E-state index in [-0.39, 0.29) is 5.82 Å². The lowest BCUT2D eigenvalue weighted by molar-refractivity contribution is -0.152. The molecule has 1 aliphatic rings. The van der Waals surface area contributed by atoms with E-state index in [4.69, 9.17) is 0 Å². The van der Waals surface area contributed by atoms with Gasteiger partial charge in [-0.05, 0) is 36.1 Å². The zero-order valence-corrected chi connectivity index (χ0v) is 16.2. The average Bonchev–Trinajstić information content (AvgIpc) is 2.60. The first kappa shape index (κ1) is 20.2. The highest BCUT2D eigenvalue weighted by atomic mass is 19.1. The molecule has 1 fully saturated rings. The van der Waals surface area contributed by atoms with Gasteiger partial charge in [0.1, 0.15) is 5.82 Å². The maximum absolute atomic E-state index is 13.1. The number of carbonyl (C=O) groups is 2. The minimum atomic E-state index is -0.412. The fourth-order valence-electron chi connectivity index (χ4n) is 3.21. The number of nitrogens with zero attached hydrogens (tertiary/aromatic N) is 3. The standard InChI is InChI=1S/C20H30FN3O2/c1-15(2)13-24(14-16(3)4)20(26)19(25)23-11-9-22(10-12-23)18-7-5-17(21)6-8-18/h5-8,15-16H,9-14H2,1-4H3. The molecule has 0 saturated carbocycles. The molecule has 1 saturated heterocycles. The van der Waals surface area contributed by atoms with Crippen LogP contribution in [0.25, 0.3) is 0 Å². The Morgan fingerprint density at radius 3 is 1.92 bits per heavy atom. The Hall–Kier alpha value is -2.11. The molecule has 0 spiro atoms. The van der Waals surface area contributed by atoms with Crippen molar-refractivity contribution in [3.63, 3.8) is 0 Å². The van der Waals surface area contributed by atoms with Crippen molar-refractivity contribution in [2.75, 3.05) is 44.2 Å². The highest BCUT2D eigenvalue weighted by Gasteiger charge is 2.30. The van der Waals surface area contributed by atoms with E-state index in [1.807, 2.05) is 27.7 Å². The highest BCUT2D eigenvalue weighted by molar-refractivity contribution is 6.34. The lowest BCUT2D eigenvalue weighted by Crippen LogP contribution is -2.54. The van der Waals surface area contributed by atoms with Gasteiger partial charge in [0.05, 0.1) is 0 Å². The number of rotatable bonds is 5. The van der Waals surface area contributed by atoms with E-state index in [0.717, 1.165) is 5.69 Å². The summed E-state index contributed by atoms with van der Waals surface area (Å²) in [5.74, 6) is -0.433. The summed E-state index contributed by atoms with van der Waals surface area (Å²) >= 11 is 0. The zero-order chi connectivity index (χ0) is 19.3. The summed E-state index contributed by atoms with van der Waals surface area (Å²) in [7, 11) is 0. The molecule has 0 N–H and O–H groups in total. The van der Waals surface area contributed by atoms with Crippen LogP contribution in [0.2, 0.25) is 0 Å². The Labute approximate surface area is 155 Å². The number of benzene rings is 1. The summed E-state index contributed by atoms with van der Waals surface area (Å²) in [5, 5.41) is 0. The summed E-state index contributed by atoms with van der Waals surface area (Å²) in [6.07, 6.45) is 0. The van der Waals surface area contributed by atoms with Crippen molar-refractivity contribution in [2.45, 2.75) is 27.7 Å². The van der Waals surface area contributed by atoms with Gasteiger partial charge >= 0.3 is 11.8 Å². The van der Waals surface area contributed by atoms with E-state index in [1.54, 1.807) is 21.9 Å². The van der Waals surface area contributed by atoms with Crippen LogP contribution in [0.3, 0.4) is 0 Å². The van der Waals surface area contributed by atoms with Crippen LogP contribution in [-0.4, -0.2) is 60.9 Å². The molecule has 1 aromatic carbocycles. The van der Waals surface area contributed by atoms with Gasteiger partial charge in [-0.1, -0.05) is 27.7 Å². The van der Waals surface area contributed by atoms with Crippen molar-refractivity contribution >= 4 is 17.5 Å². The summed E-state index contributed by atoms with van der Waals surface area (Å²) in [6, 6.07) is 6.36. The van der Waals surface area contributed by atoms with Crippen LogP contribution in [0.5, 0.6) is 0 Å². The Bertz CT molecular complexity index is 598. The first-order valence-corrected chi connectivity index (χ1v) is 9.36. The van der Waals surface area contributed by atoms with Gasteiger partial charge in [0.25, 0.3) is 0 Å². The topological polar surface area (TPSA) is 43.9 Å². The number of amides is 2. The fraction of sp³-hybridized carbons (Fsp3) is 0.600. The van der Waals surface area contributed by atoms with Crippen LogP contribution >= 0.6 is 0 Å². The Morgan fingerprint density at radius 1 is 0.962 bits per heavy atom. The first-order chi connectivity index (χ1) is 12.3. The number of carbonyl (C=O) groups excluding carboxylic acids is 2. The summed E-state index contributed by atoms with van der Waals surface area (Å²) in [5.41, 5.74) is 0.936. The normalized spacial score (nSPS) is 14.9. The molecule has 0 atom stereocenters. The Kier molecular flexibility index (Phi) is 7.00. The van der Waals surface area contributed by atoms with Crippen LogP contribution in [0.1, 0.15) is 27.7 Å². The quantitative estimate of drug-likeness (QED) is 0.756. The average molecular weight is 363 g/mol. The Balaban J connectivity index is 1.95. The van der Waals surface area contributed by atoms with E-state index < -0.39 is 11.8 Å². The van der Waals surface area contributed by atoms with Crippen LogP contribution in [-0.2, 0) is 9.59 Å². The van der Waals surface area contributed by atoms with E-state index in [2.05, 4.69) is 4.90 Å². The molecule has 0 bridgehead atoms. The smallest absolute Gasteiger partial charge is 0.312 e. The largest absolute Gasteiger partial charge is 0.368 e. The molecule has 6 heteroatoms. The lowest BCUT2D eigenvalue weighted by atomic mass is 10.1. The van der Waals surface area contributed by atoms with E-state index in [9.17, 15) is 14.0 Å². The molecular formula is C20H30FN3O2. The second kappa shape index (κ2) is 9.01. The monoisotopic (exact) mass is 363 g/mol. The van der Waals surface area contributed by atoms with E-state index in [0.29, 0.717) is 51.1 Å². The molecule has 0 aromatic heterocycles. The molecule has 144 valence electrons. The fourth-order valence-corrected chi connectivity index (χ4v) is 3.21. The van der Waals surface area contributed by atoms with Crippen LogP contribution in [0, 0.1) is 17.7 Å². The van der Waals surface area contributed by atoms with Crippen LogP contribution in [0.4, 0.5) is 10.1 Å². The van der Waals surface area contributed by atoms with Crippen LogP contribution < -0.4 is 4.90 Å². The van der Waals surface area contributed by atoms with Crippen molar-refractivity contribution in [3.05, 3.63) is 30.1 Å². The molecule has 1 heterocycles. The molecule has 2 amide bonds. The van der Waals surface area contributed by atoms with Crippen molar-refractivity contribution < 1.29 is 14.0 Å². The number of hydrogen-bond acceptors (Lipinski definition) is 3. The highest BCUT2D eigenvalue weighted by Crippen LogP contribution is 2.17. The van der Waals surface area contributed by atoms with Gasteiger partial charge in [-0.3, -0.25) is 9.59 Å². The predicted octanol–water partition coefficient (Wildman–Crippen LogP) is 2.61. The SMILES string of the molecule is CC(C)CN(CC(C)C)C(=O)C(=O)N1CCN(c2ccc(F)cc2)CC1. The van der Waals surface area contributed by atoms with Gasteiger partial charge < -0.3 is 14.7 Å². The molecule has 1 aliphatic heterocycles. The van der Waals surface area contributed by atoms with E-state index in [1.165, 1.54) is 12.1 Å². The van der Waals surface area contributed by atoms with Crippen molar-refractivity contribution in [1.29, 1.82) is 0 Å². The third kappa shape index (κ3) is 5.44. The van der Waals surface area contributed by atoms with Crippen molar-refractivity contribution in [3.8, 4) is 0 Å². The summed E-state index contributed by atoms with van der Waals surface area (Å²) < 4.78 is 13.1. The molecule has 2 rings (SSSR count). The van der Waals surface area contributed by atoms with Crippen molar-refractivity contribution in [2.24, 2.45) is 11.8 Å². The van der Waals surface area contributed by atoms with Gasteiger partial charge in [0.2, 0.25) is 0 Å². The molecule has 26 heavy (non-hydrogen) atoms. The number of hydrogen-bond donors (Lipinski definition) is 0. The maximum Gasteiger partial charge on any atom is 0.312 e. The predicted molar refractivity (Wildman–Crippen MR) is 101 cm³/mol. The Morgan fingerprint density at radius 2 is 1.46 bits per heavy atom. The van der Waals surface area contributed by atoms with Gasteiger partial charge in [-0.2, -0.15) is 0 Å². The maximum atomic E-state index is 13.1. The second-order valence-corrected chi connectivity index (χ2v) is 7.75. The third-order valence-electron chi connectivity index (χ3n) is 4.40. The van der Waals surface area contributed by atoms with Crippen molar-refractivity contribution in [1.82, 2.24) is 9.80 Å². The number of anilines is 1. The third-order valence-corrected chi connectivity index (χ3v) is 4.40. The van der Waals surface area contributed by atoms with Gasteiger partial charge in [0.15, 0.2) is 0 Å². The lowest BCUT2D eigenvalue weighted by Gasteiger charge is -2.37. The molecule has 0 aliphatic carbocycles. The first-order valence-electron chi connectivity index (χ1n) is 9.36. The molecule has 0 unspecified atom stereocenters. The summed E-state index contributed by atoms with van der Waals surface area (Å²) in [4.78, 5) is 30.8. The second-order valence-electron chi connectivity index (χ2n) is 7.75. The van der Waals surface area contributed by atoms with E-state index >= 15 is 0 Å². The molecular weight excluding hydrogens is 333 g/mol. The minimum absolute atomic E-state index is 0.261. The van der Waals surface area contributed by atoms with Gasteiger partial charge in [-0.15, -0.1) is 0 Å². The number of halogens is 1. The van der Waals surface area contributed by atoms with Gasteiger partial charge in [0, 0.05) is 45.0 Å². The van der Waals surface area contributed by atoms with Gasteiger partial charge in [-0.25, -0.2) is 4.39 Å². The summed E-state index contributed by atoms with van der Waals surface area (Å²) in [6.45, 7) is 11.7. The zero-order valence-electron chi connectivity index (χ0n) is 16.2. The minimum Gasteiger partial charge on any atom is -0.368 e. The number of piperazine rings is 1. The van der Waals surface area contributed by atoms with Crippen LogP contribution in [0.15, 0.2) is 24.3 Å².